The van der Waals surface area contributed by atoms with Crippen LogP contribution in [0.2, 0.25) is 5.02 Å². The van der Waals surface area contributed by atoms with Gasteiger partial charge in [0.2, 0.25) is 10.0 Å². The molecule has 0 aliphatic heterocycles. The van der Waals surface area contributed by atoms with Gasteiger partial charge in [-0.25, -0.2) is 18.1 Å². The summed E-state index contributed by atoms with van der Waals surface area (Å²) in [6.45, 7) is 2.36. The summed E-state index contributed by atoms with van der Waals surface area (Å²) >= 11 is 7.29. The number of carbonyl (C=O) groups is 1. The fraction of sp³-hybridized carbons (Fsp3) is 0.200. The number of methoxy groups -OCH3 is 1. The van der Waals surface area contributed by atoms with Gasteiger partial charge in [0.15, 0.2) is 5.13 Å². The number of nitrogens with one attached hydrogen (secondary N) is 2. The molecule has 0 saturated heterocycles. The maximum absolute atomic E-state index is 12.5. The Labute approximate surface area is 184 Å². The first kappa shape index (κ1) is 22.4. The van der Waals surface area contributed by atoms with E-state index in [1.54, 1.807) is 12.1 Å². The highest BCUT2D eigenvalue weighted by Gasteiger charge is 2.16. The molecule has 0 fully saturated rings. The highest BCUT2D eigenvalue weighted by Crippen LogP contribution is 2.31. The predicted octanol–water partition coefficient (Wildman–Crippen LogP) is 3.95. The van der Waals surface area contributed by atoms with Crippen molar-refractivity contribution in [2.75, 3.05) is 25.6 Å². The van der Waals surface area contributed by atoms with Crippen LogP contribution >= 0.6 is 22.9 Å². The molecular weight excluding hydrogens is 446 g/mol. The number of aryl methyl sites for hydroxylation is 1. The van der Waals surface area contributed by atoms with Crippen molar-refractivity contribution in [1.29, 1.82) is 0 Å². The zero-order chi connectivity index (χ0) is 21.7. The Balaban J connectivity index is 1.71. The number of halogens is 1. The molecule has 158 valence electrons. The molecule has 0 radical (unpaired) electrons. The largest absolute Gasteiger partial charge is 0.383 e. The summed E-state index contributed by atoms with van der Waals surface area (Å²) in [5, 5.41) is 3.86. The summed E-state index contributed by atoms with van der Waals surface area (Å²) < 4.78 is 31.6. The smallest absolute Gasteiger partial charge is 0.257 e. The van der Waals surface area contributed by atoms with Crippen LogP contribution < -0.4 is 10.0 Å². The predicted molar refractivity (Wildman–Crippen MR) is 119 cm³/mol. The van der Waals surface area contributed by atoms with Crippen LogP contribution in [0.4, 0.5) is 5.13 Å². The van der Waals surface area contributed by atoms with Crippen molar-refractivity contribution < 1.29 is 17.9 Å². The van der Waals surface area contributed by atoms with Gasteiger partial charge >= 0.3 is 0 Å². The molecule has 3 rings (SSSR count). The van der Waals surface area contributed by atoms with Crippen molar-refractivity contribution in [3.05, 3.63) is 64.0 Å². The Morgan fingerprint density at radius 2 is 1.80 bits per heavy atom. The number of rotatable bonds is 8. The van der Waals surface area contributed by atoms with Gasteiger partial charge < -0.3 is 4.74 Å². The molecule has 0 aliphatic carbocycles. The number of carbonyl (C=O) groups excluding carboxylic acids is 1. The lowest BCUT2D eigenvalue weighted by atomic mass is 10.1. The van der Waals surface area contributed by atoms with Crippen LogP contribution in [0.5, 0.6) is 0 Å². The van der Waals surface area contributed by atoms with Crippen LogP contribution in [0.3, 0.4) is 0 Å². The molecule has 2 aromatic carbocycles. The Kier molecular flexibility index (Phi) is 7.22. The number of aromatic nitrogens is 1. The van der Waals surface area contributed by atoms with Crippen molar-refractivity contribution in [2.24, 2.45) is 0 Å². The Bertz CT molecular complexity index is 1130. The fourth-order valence-electron chi connectivity index (χ4n) is 2.64. The Hall–Kier alpha value is -2.30. The van der Waals surface area contributed by atoms with Crippen molar-refractivity contribution in [3.8, 4) is 11.3 Å². The van der Waals surface area contributed by atoms with Crippen LogP contribution in [0, 0.1) is 6.92 Å². The van der Waals surface area contributed by atoms with E-state index in [9.17, 15) is 13.2 Å². The molecule has 1 amide bonds. The van der Waals surface area contributed by atoms with E-state index in [2.05, 4.69) is 15.0 Å². The third kappa shape index (κ3) is 5.44. The van der Waals surface area contributed by atoms with Gasteiger partial charge in [-0.1, -0.05) is 23.7 Å². The van der Waals surface area contributed by atoms with E-state index in [0.717, 1.165) is 16.1 Å². The van der Waals surface area contributed by atoms with Gasteiger partial charge in [0, 0.05) is 34.7 Å². The standard InChI is InChI=1S/C20H20ClN3O4S2/c1-13-18(14-3-7-16(21)8-4-14)23-20(29-13)24-19(25)15-5-9-17(10-6-15)30(26,27)22-11-12-28-2/h3-10,22H,11-12H2,1-2H3,(H,23,24,25). The van der Waals surface area contributed by atoms with E-state index < -0.39 is 10.0 Å². The molecule has 2 N–H and O–H groups in total. The van der Waals surface area contributed by atoms with E-state index in [0.29, 0.717) is 15.7 Å². The van der Waals surface area contributed by atoms with E-state index in [1.165, 1.54) is 42.7 Å². The summed E-state index contributed by atoms with van der Waals surface area (Å²) in [6.07, 6.45) is 0. The van der Waals surface area contributed by atoms with Crippen molar-refractivity contribution >= 4 is 44.0 Å². The summed E-state index contributed by atoms with van der Waals surface area (Å²) in [4.78, 5) is 18.1. The molecule has 7 nitrogen and oxygen atoms in total. The minimum Gasteiger partial charge on any atom is -0.383 e. The topological polar surface area (TPSA) is 97.4 Å². The molecule has 0 bridgehead atoms. The highest BCUT2D eigenvalue weighted by molar-refractivity contribution is 7.89. The molecule has 0 saturated carbocycles. The van der Waals surface area contributed by atoms with Gasteiger partial charge in [0.1, 0.15) is 0 Å². The highest BCUT2D eigenvalue weighted by atomic mass is 35.5. The van der Waals surface area contributed by atoms with Gasteiger partial charge in [0.05, 0.1) is 17.2 Å². The zero-order valence-corrected chi connectivity index (χ0v) is 18.7. The summed E-state index contributed by atoms with van der Waals surface area (Å²) in [7, 11) is -2.16. The number of hydrogen-bond donors (Lipinski definition) is 2. The molecule has 10 heteroatoms. The molecule has 0 spiro atoms. The van der Waals surface area contributed by atoms with Crippen LogP contribution in [-0.2, 0) is 14.8 Å². The lowest BCUT2D eigenvalue weighted by molar-refractivity contribution is 0.102. The molecular formula is C20H20ClN3O4S2. The summed E-state index contributed by atoms with van der Waals surface area (Å²) in [5.74, 6) is -0.373. The second kappa shape index (κ2) is 9.67. The van der Waals surface area contributed by atoms with Gasteiger partial charge in [-0.2, -0.15) is 0 Å². The van der Waals surface area contributed by atoms with E-state index in [-0.39, 0.29) is 24.0 Å². The third-order valence-electron chi connectivity index (χ3n) is 4.16. The first-order valence-corrected chi connectivity index (χ1v) is 11.6. The first-order valence-electron chi connectivity index (χ1n) is 8.93. The van der Waals surface area contributed by atoms with Gasteiger partial charge in [0.25, 0.3) is 5.91 Å². The first-order chi connectivity index (χ1) is 14.3. The minimum atomic E-state index is -3.65. The number of hydrogen-bond acceptors (Lipinski definition) is 6. The van der Waals surface area contributed by atoms with E-state index in [4.69, 9.17) is 16.3 Å². The normalized spacial score (nSPS) is 11.4. The Morgan fingerprint density at radius 3 is 2.43 bits per heavy atom. The average molecular weight is 466 g/mol. The maximum Gasteiger partial charge on any atom is 0.257 e. The van der Waals surface area contributed by atoms with Crippen molar-refractivity contribution in [2.45, 2.75) is 11.8 Å². The second-order valence-electron chi connectivity index (χ2n) is 6.30. The fourth-order valence-corrected chi connectivity index (χ4v) is 4.61. The van der Waals surface area contributed by atoms with E-state index >= 15 is 0 Å². The quantitative estimate of drug-likeness (QED) is 0.491. The summed E-state index contributed by atoms with van der Waals surface area (Å²) in [5.41, 5.74) is 2.01. The van der Waals surface area contributed by atoms with Crippen molar-refractivity contribution in [1.82, 2.24) is 9.71 Å². The number of benzene rings is 2. The lowest BCUT2D eigenvalue weighted by Crippen LogP contribution is -2.27. The van der Waals surface area contributed by atoms with Crippen LogP contribution in [-0.4, -0.2) is 39.6 Å². The van der Waals surface area contributed by atoms with Crippen LogP contribution in [0.15, 0.2) is 53.4 Å². The number of amides is 1. The molecule has 0 unspecified atom stereocenters. The van der Waals surface area contributed by atoms with Gasteiger partial charge in [-0.3, -0.25) is 10.1 Å². The monoisotopic (exact) mass is 465 g/mol. The lowest BCUT2D eigenvalue weighted by Gasteiger charge is -2.07. The van der Waals surface area contributed by atoms with Gasteiger partial charge in [-0.15, -0.1) is 11.3 Å². The molecule has 0 atom stereocenters. The number of anilines is 1. The minimum absolute atomic E-state index is 0.0743. The van der Waals surface area contributed by atoms with Crippen LogP contribution in [0.1, 0.15) is 15.2 Å². The zero-order valence-electron chi connectivity index (χ0n) is 16.3. The van der Waals surface area contributed by atoms with E-state index in [1.807, 2.05) is 19.1 Å². The average Bonchev–Trinajstić information content (AvgIpc) is 3.08. The number of sulfonamides is 1. The second-order valence-corrected chi connectivity index (χ2v) is 9.71. The third-order valence-corrected chi connectivity index (χ3v) is 6.77. The number of thiazole rings is 1. The number of nitrogens with zero attached hydrogens (tertiary/aromatic N) is 1. The molecule has 1 aromatic heterocycles. The molecule has 3 aromatic rings. The summed E-state index contributed by atoms with van der Waals surface area (Å²) in [6, 6.07) is 13.0. The molecule has 1 heterocycles. The molecule has 30 heavy (non-hydrogen) atoms. The van der Waals surface area contributed by atoms with Crippen molar-refractivity contribution in [3.63, 3.8) is 0 Å². The Morgan fingerprint density at radius 1 is 1.13 bits per heavy atom. The molecule has 0 aliphatic rings. The number of ether oxygens (including phenoxy) is 1. The maximum atomic E-state index is 12.5. The van der Waals surface area contributed by atoms with Gasteiger partial charge in [-0.05, 0) is 43.3 Å². The van der Waals surface area contributed by atoms with Crippen LogP contribution in [0.25, 0.3) is 11.3 Å². The SMILES string of the molecule is COCCNS(=O)(=O)c1ccc(C(=O)Nc2nc(-c3ccc(Cl)cc3)c(C)s2)cc1.